The van der Waals surface area contributed by atoms with E-state index < -0.39 is 30.9 Å². The number of ether oxygens (including phenoxy) is 3. The first kappa shape index (κ1) is 29.0. The van der Waals surface area contributed by atoms with Gasteiger partial charge in [-0.15, -0.1) is 0 Å². The van der Waals surface area contributed by atoms with E-state index in [1.165, 1.54) is 4.90 Å². The van der Waals surface area contributed by atoms with Crippen LogP contribution < -0.4 is 4.74 Å². The molecule has 1 N–H and O–H groups in total. The van der Waals surface area contributed by atoms with Crippen molar-refractivity contribution in [1.29, 1.82) is 0 Å². The fourth-order valence-electron chi connectivity index (χ4n) is 3.43. The van der Waals surface area contributed by atoms with Crippen molar-refractivity contribution in [2.75, 3.05) is 32.9 Å². The summed E-state index contributed by atoms with van der Waals surface area (Å²) in [4.78, 5) is 24.7. The fourth-order valence-corrected chi connectivity index (χ4v) is 3.43. The molecule has 0 heterocycles. The number of amides is 1. The standard InChI is InChI=1S/C26H32F3NO6/c1-2-34-23(24(31)32)18-21-11-13-22(14-12-21)35-17-16-30(25(33)36-19-26(27,28)29)15-7-6-10-20-8-4-3-5-9-20/h3-5,8-9,11-14,23H,2,6-7,10,15-19H2,1H3,(H,31,32). The third kappa shape index (κ3) is 11.4. The minimum absolute atomic E-state index is 0.0508. The smallest absolute Gasteiger partial charge is 0.422 e. The predicted octanol–water partition coefficient (Wildman–Crippen LogP) is 5.12. The van der Waals surface area contributed by atoms with Gasteiger partial charge < -0.3 is 24.2 Å². The number of rotatable bonds is 15. The third-order valence-corrected chi connectivity index (χ3v) is 5.22. The Morgan fingerprint density at radius 2 is 1.67 bits per heavy atom. The van der Waals surface area contributed by atoms with E-state index >= 15 is 0 Å². The highest BCUT2D eigenvalue weighted by Gasteiger charge is 2.30. The van der Waals surface area contributed by atoms with E-state index in [0.717, 1.165) is 24.0 Å². The lowest BCUT2D eigenvalue weighted by atomic mass is 10.1. The third-order valence-electron chi connectivity index (χ3n) is 5.22. The second-order valence-corrected chi connectivity index (χ2v) is 8.08. The lowest BCUT2D eigenvalue weighted by Gasteiger charge is -2.22. The first-order valence-corrected chi connectivity index (χ1v) is 11.8. The van der Waals surface area contributed by atoms with Gasteiger partial charge in [0.2, 0.25) is 0 Å². The van der Waals surface area contributed by atoms with Gasteiger partial charge in [0.05, 0.1) is 6.54 Å². The summed E-state index contributed by atoms with van der Waals surface area (Å²) in [6.45, 7) is 0.698. The largest absolute Gasteiger partial charge is 0.492 e. The number of hydrogen-bond donors (Lipinski definition) is 1. The lowest BCUT2D eigenvalue weighted by molar-refractivity contribution is -0.162. The molecule has 2 aromatic carbocycles. The van der Waals surface area contributed by atoms with Crippen LogP contribution in [0.3, 0.4) is 0 Å². The van der Waals surface area contributed by atoms with Gasteiger partial charge in [-0.3, -0.25) is 0 Å². The van der Waals surface area contributed by atoms with Crippen molar-refractivity contribution in [3.63, 3.8) is 0 Å². The zero-order chi connectivity index (χ0) is 26.4. The quantitative estimate of drug-likeness (QED) is 0.334. The number of carboxylic acid groups (broad SMARTS) is 1. The van der Waals surface area contributed by atoms with Crippen molar-refractivity contribution in [3.8, 4) is 5.75 Å². The molecule has 0 radical (unpaired) electrons. The molecule has 0 aliphatic heterocycles. The Bertz CT molecular complexity index is 922. The lowest BCUT2D eigenvalue weighted by Crippen LogP contribution is -2.37. The van der Waals surface area contributed by atoms with Gasteiger partial charge in [-0.25, -0.2) is 9.59 Å². The molecule has 0 aromatic heterocycles. The Labute approximate surface area is 208 Å². The molecule has 2 rings (SSSR count). The molecule has 2 aromatic rings. The summed E-state index contributed by atoms with van der Waals surface area (Å²) in [7, 11) is 0. The average molecular weight is 512 g/mol. The Morgan fingerprint density at radius 1 is 0.972 bits per heavy atom. The summed E-state index contributed by atoms with van der Waals surface area (Å²) in [5, 5.41) is 9.20. The van der Waals surface area contributed by atoms with E-state index in [1.807, 2.05) is 30.3 Å². The first-order chi connectivity index (χ1) is 17.2. The summed E-state index contributed by atoms with van der Waals surface area (Å²) < 4.78 is 52.7. The number of aryl methyl sites for hydroxylation is 1. The zero-order valence-corrected chi connectivity index (χ0v) is 20.2. The van der Waals surface area contributed by atoms with Crippen molar-refractivity contribution in [1.82, 2.24) is 4.90 Å². The molecule has 1 atom stereocenters. The molecule has 0 aliphatic carbocycles. The number of benzene rings is 2. The second-order valence-electron chi connectivity index (χ2n) is 8.08. The highest BCUT2D eigenvalue weighted by Crippen LogP contribution is 2.17. The molecular formula is C26H32F3NO6. The molecule has 7 nitrogen and oxygen atoms in total. The number of unbranched alkanes of at least 4 members (excludes halogenated alkanes) is 1. The van der Waals surface area contributed by atoms with Gasteiger partial charge >= 0.3 is 18.2 Å². The number of alkyl halides is 3. The van der Waals surface area contributed by atoms with Crippen LogP contribution in [0.2, 0.25) is 0 Å². The number of halogens is 3. The van der Waals surface area contributed by atoms with Gasteiger partial charge in [0, 0.05) is 19.6 Å². The highest BCUT2D eigenvalue weighted by atomic mass is 19.4. The summed E-state index contributed by atoms with van der Waals surface area (Å²) >= 11 is 0. The Kier molecular flexibility index (Phi) is 12.0. The number of carbonyl (C=O) groups excluding carboxylic acids is 1. The number of carboxylic acids is 1. The van der Waals surface area contributed by atoms with E-state index in [1.54, 1.807) is 31.2 Å². The maximum absolute atomic E-state index is 12.5. The van der Waals surface area contributed by atoms with Crippen molar-refractivity contribution in [2.24, 2.45) is 0 Å². The van der Waals surface area contributed by atoms with Crippen LogP contribution in [0.1, 0.15) is 30.9 Å². The van der Waals surface area contributed by atoms with E-state index in [0.29, 0.717) is 12.2 Å². The number of aliphatic carboxylic acids is 1. The van der Waals surface area contributed by atoms with Gasteiger partial charge in [-0.1, -0.05) is 42.5 Å². The average Bonchev–Trinajstić information content (AvgIpc) is 2.84. The van der Waals surface area contributed by atoms with Gasteiger partial charge in [0.25, 0.3) is 0 Å². The molecule has 0 aliphatic rings. The number of carbonyl (C=O) groups is 2. The molecule has 10 heteroatoms. The van der Waals surface area contributed by atoms with Crippen LogP contribution in [0.25, 0.3) is 0 Å². The van der Waals surface area contributed by atoms with Gasteiger partial charge in [0.1, 0.15) is 12.4 Å². The fraction of sp³-hybridized carbons (Fsp3) is 0.462. The summed E-state index contributed by atoms with van der Waals surface area (Å²) in [6.07, 6.45) is -4.24. The van der Waals surface area contributed by atoms with Crippen LogP contribution in [0.15, 0.2) is 54.6 Å². The van der Waals surface area contributed by atoms with E-state index in [9.17, 15) is 27.9 Å². The monoisotopic (exact) mass is 511 g/mol. The number of hydrogen-bond acceptors (Lipinski definition) is 5. The SMILES string of the molecule is CCOC(Cc1ccc(OCCN(CCCCc2ccccc2)C(=O)OCC(F)(F)F)cc1)C(=O)O. The van der Waals surface area contributed by atoms with Crippen LogP contribution in [0.4, 0.5) is 18.0 Å². The molecule has 1 amide bonds. The Balaban J connectivity index is 1.86. The van der Waals surface area contributed by atoms with Crippen LogP contribution in [0.5, 0.6) is 5.75 Å². The van der Waals surface area contributed by atoms with Crippen LogP contribution in [0, 0.1) is 0 Å². The topological polar surface area (TPSA) is 85.3 Å². The van der Waals surface area contributed by atoms with Crippen molar-refractivity contribution >= 4 is 12.1 Å². The first-order valence-electron chi connectivity index (χ1n) is 11.8. The zero-order valence-electron chi connectivity index (χ0n) is 20.2. The summed E-state index contributed by atoms with van der Waals surface area (Å²) in [6, 6.07) is 16.5. The van der Waals surface area contributed by atoms with Crippen LogP contribution in [-0.4, -0.2) is 67.3 Å². The molecule has 0 spiro atoms. The summed E-state index contributed by atoms with van der Waals surface area (Å²) in [5.41, 5.74) is 1.89. The minimum Gasteiger partial charge on any atom is -0.492 e. The molecule has 0 saturated heterocycles. The molecule has 198 valence electrons. The molecule has 1 unspecified atom stereocenters. The van der Waals surface area contributed by atoms with Crippen LogP contribution >= 0.6 is 0 Å². The Hall–Kier alpha value is -3.27. The van der Waals surface area contributed by atoms with Crippen LogP contribution in [-0.2, 0) is 27.1 Å². The van der Waals surface area contributed by atoms with Crippen molar-refractivity contribution in [3.05, 3.63) is 65.7 Å². The van der Waals surface area contributed by atoms with E-state index in [-0.39, 0.29) is 32.7 Å². The molecule has 36 heavy (non-hydrogen) atoms. The van der Waals surface area contributed by atoms with Gasteiger partial charge in [-0.05, 0) is 49.4 Å². The maximum atomic E-state index is 12.5. The molecule has 0 saturated carbocycles. The molecule has 0 fully saturated rings. The van der Waals surface area contributed by atoms with Crippen molar-refractivity contribution in [2.45, 2.75) is 44.9 Å². The maximum Gasteiger partial charge on any atom is 0.422 e. The normalized spacial score (nSPS) is 12.1. The second kappa shape index (κ2) is 15.0. The Morgan fingerprint density at radius 3 is 2.28 bits per heavy atom. The molecular weight excluding hydrogens is 479 g/mol. The van der Waals surface area contributed by atoms with E-state index in [4.69, 9.17) is 9.47 Å². The van der Waals surface area contributed by atoms with Gasteiger partial charge in [-0.2, -0.15) is 13.2 Å². The highest BCUT2D eigenvalue weighted by molar-refractivity contribution is 5.72. The predicted molar refractivity (Wildman–Crippen MR) is 127 cm³/mol. The molecule has 0 bridgehead atoms. The van der Waals surface area contributed by atoms with Gasteiger partial charge in [0.15, 0.2) is 12.7 Å². The van der Waals surface area contributed by atoms with Crippen molar-refractivity contribution < 1.29 is 42.1 Å². The minimum atomic E-state index is -4.60. The number of nitrogens with zero attached hydrogens (tertiary/aromatic N) is 1. The van der Waals surface area contributed by atoms with E-state index in [2.05, 4.69) is 4.74 Å². The summed E-state index contributed by atoms with van der Waals surface area (Å²) in [5.74, 6) is -0.562.